The van der Waals surface area contributed by atoms with Crippen molar-refractivity contribution in [3.63, 3.8) is 0 Å². The number of ketones is 1. The van der Waals surface area contributed by atoms with Crippen LogP contribution in [0.15, 0.2) is 89.6 Å². The number of carbonyl (C=O) groups excluding carboxylic acids is 2. The fraction of sp³-hybridized carbons (Fsp3) is 0.378. The quantitative estimate of drug-likeness (QED) is 0.0662. The summed E-state index contributed by atoms with van der Waals surface area (Å²) in [5.41, 5.74) is 5.05. The lowest BCUT2D eigenvalue weighted by Crippen LogP contribution is -2.39. The van der Waals surface area contributed by atoms with E-state index in [1.54, 1.807) is 38.4 Å². The highest BCUT2D eigenvalue weighted by atomic mass is 16.5. The van der Waals surface area contributed by atoms with Gasteiger partial charge in [-0.1, -0.05) is 114 Å². The van der Waals surface area contributed by atoms with Crippen molar-refractivity contribution in [2.45, 2.75) is 97.9 Å². The first kappa shape index (κ1) is 40.5. The average molecular weight is 745 g/mol. The van der Waals surface area contributed by atoms with Crippen LogP contribution in [0.2, 0.25) is 0 Å². The number of aromatic nitrogens is 3. The summed E-state index contributed by atoms with van der Waals surface area (Å²) >= 11 is 0. The SMILES string of the molecule is CCCCCCCOc1ccc(-c2cnc(-c3ccc(C[C@H](CC(=O)c4ccc(C(C)(C)C)cc4)C(=O)NC(C(=O)O)c4nc(C)oc4C)cc3)nc2)cc1. The van der Waals surface area contributed by atoms with Gasteiger partial charge in [0, 0.05) is 48.3 Å². The van der Waals surface area contributed by atoms with Crippen LogP contribution in [0.1, 0.15) is 111 Å². The summed E-state index contributed by atoms with van der Waals surface area (Å²) in [5, 5.41) is 12.7. The normalized spacial score (nSPS) is 12.5. The van der Waals surface area contributed by atoms with Gasteiger partial charge in [0.25, 0.3) is 0 Å². The van der Waals surface area contributed by atoms with Gasteiger partial charge in [0.15, 0.2) is 23.5 Å². The van der Waals surface area contributed by atoms with Gasteiger partial charge in [-0.15, -0.1) is 0 Å². The number of nitrogens with one attached hydrogen (secondary N) is 1. The van der Waals surface area contributed by atoms with E-state index in [1.165, 1.54) is 25.7 Å². The Labute approximate surface area is 323 Å². The highest BCUT2D eigenvalue weighted by Gasteiger charge is 2.32. The van der Waals surface area contributed by atoms with E-state index in [1.807, 2.05) is 60.7 Å². The number of nitrogens with zero attached hydrogens (tertiary/aromatic N) is 3. The molecule has 1 unspecified atom stereocenters. The summed E-state index contributed by atoms with van der Waals surface area (Å²) in [6.45, 7) is 12.4. The zero-order valence-electron chi connectivity index (χ0n) is 32.7. The fourth-order valence-electron chi connectivity index (χ4n) is 6.42. The van der Waals surface area contributed by atoms with Gasteiger partial charge in [-0.3, -0.25) is 9.59 Å². The first-order valence-corrected chi connectivity index (χ1v) is 19.1. The zero-order chi connectivity index (χ0) is 39.5. The summed E-state index contributed by atoms with van der Waals surface area (Å²) in [7, 11) is 0. The Hall–Kier alpha value is -5.64. The molecule has 0 aliphatic heterocycles. The highest BCUT2D eigenvalue weighted by molar-refractivity contribution is 5.99. The molecule has 0 saturated heterocycles. The van der Waals surface area contributed by atoms with Crippen LogP contribution in [0.25, 0.3) is 22.5 Å². The van der Waals surface area contributed by atoms with Crippen LogP contribution in [0.3, 0.4) is 0 Å². The van der Waals surface area contributed by atoms with E-state index in [-0.39, 0.29) is 29.7 Å². The van der Waals surface area contributed by atoms with Crippen molar-refractivity contribution in [1.82, 2.24) is 20.3 Å². The molecule has 2 atom stereocenters. The lowest BCUT2D eigenvalue weighted by Gasteiger charge is -2.21. The fourth-order valence-corrected chi connectivity index (χ4v) is 6.42. The first-order chi connectivity index (χ1) is 26.3. The summed E-state index contributed by atoms with van der Waals surface area (Å²) in [6.07, 6.45) is 9.63. The van der Waals surface area contributed by atoms with Crippen LogP contribution in [-0.4, -0.2) is 44.3 Å². The van der Waals surface area contributed by atoms with Crippen molar-refractivity contribution in [3.05, 3.63) is 119 Å². The topological polar surface area (TPSA) is 145 Å². The number of aryl methyl sites for hydroxylation is 2. The molecule has 0 radical (unpaired) electrons. The van der Waals surface area contributed by atoms with Crippen molar-refractivity contribution in [2.75, 3.05) is 6.61 Å². The van der Waals surface area contributed by atoms with Gasteiger partial charge in [0.2, 0.25) is 5.91 Å². The number of unbranched alkanes of at least 4 members (excludes halogenated alkanes) is 4. The molecule has 10 nitrogen and oxygen atoms in total. The molecule has 2 N–H and O–H groups in total. The Morgan fingerprint density at radius 2 is 1.45 bits per heavy atom. The molecule has 2 heterocycles. The van der Waals surface area contributed by atoms with Crippen molar-refractivity contribution in [2.24, 2.45) is 5.92 Å². The second-order valence-electron chi connectivity index (χ2n) is 15.1. The van der Waals surface area contributed by atoms with Gasteiger partial charge in [0.05, 0.1) is 6.61 Å². The minimum Gasteiger partial charge on any atom is -0.494 e. The van der Waals surface area contributed by atoms with Crippen LogP contribution < -0.4 is 10.1 Å². The molecular weight excluding hydrogens is 693 g/mol. The molecule has 288 valence electrons. The number of carboxylic acids is 1. The van der Waals surface area contributed by atoms with E-state index in [2.05, 4.69) is 48.0 Å². The predicted molar refractivity (Wildman–Crippen MR) is 213 cm³/mol. The molecule has 55 heavy (non-hydrogen) atoms. The second kappa shape index (κ2) is 18.6. The molecule has 0 saturated carbocycles. The summed E-state index contributed by atoms with van der Waals surface area (Å²) < 4.78 is 11.4. The van der Waals surface area contributed by atoms with Crippen LogP contribution in [0.5, 0.6) is 5.75 Å². The van der Waals surface area contributed by atoms with Gasteiger partial charge in [-0.05, 0) is 54.0 Å². The monoisotopic (exact) mass is 744 g/mol. The molecule has 0 fully saturated rings. The minimum absolute atomic E-state index is 0.0819. The highest BCUT2D eigenvalue weighted by Crippen LogP contribution is 2.27. The number of ether oxygens (including phenoxy) is 1. The number of hydrogen-bond acceptors (Lipinski definition) is 8. The number of hydrogen-bond donors (Lipinski definition) is 2. The summed E-state index contributed by atoms with van der Waals surface area (Å²) in [5.74, 6) is -0.954. The van der Waals surface area contributed by atoms with E-state index in [4.69, 9.17) is 9.15 Å². The van der Waals surface area contributed by atoms with Crippen LogP contribution in [-0.2, 0) is 21.4 Å². The van der Waals surface area contributed by atoms with E-state index >= 15 is 0 Å². The Balaban J connectivity index is 1.28. The van der Waals surface area contributed by atoms with E-state index in [0.717, 1.165) is 40.0 Å². The molecule has 0 aliphatic rings. The van der Waals surface area contributed by atoms with Gasteiger partial charge in [0.1, 0.15) is 17.2 Å². The van der Waals surface area contributed by atoms with Crippen molar-refractivity contribution < 1.29 is 28.6 Å². The molecule has 5 aromatic rings. The van der Waals surface area contributed by atoms with Gasteiger partial charge in [-0.2, -0.15) is 0 Å². The number of carboxylic acid groups (broad SMARTS) is 1. The van der Waals surface area contributed by atoms with Crippen LogP contribution >= 0.6 is 0 Å². The lowest BCUT2D eigenvalue weighted by molar-refractivity contribution is -0.142. The molecule has 1 amide bonds. The number of aliphatic carboxylic acids is 1. The smallest absolute Gasteiger partial charge is 0.332 e. The Morgan fingerprint density at radius 1 is 0.818 bits per heavy atom. The zero-order valence-corrected chi connectivity index (χ0v) is 32.7. The number of carbonyl (C=O) groups is 3. The molecule has 0 aliphatic carbocycles. The summed E-state index contributed by atoms with van der Waals surface area (Å²) in [4.78, 5) is 53.2. The molecule has 3 aromatic carbocycles. The second-order valence-corrected chi connectivity index (χ2v) is 15.1. The predicted octanol–water partition coefficient (Wildman–Crippen LogP) is 9.44. The van der Waals surface area contributed by atoms with Crippen LogP contribution in [0, 0.1) is 19.8 Å². The number of benzene rings is 3. The van der Waals surface area contributed by atoms with Crippen molar-refractivity contribution in [3.8, 4) is 28.3 Å². The Kier molecular flexibility index (Phi) is 13.7. The van der Waals surface area contributed by atoms with Crippen molar-refractivity contribution in [1.29, 1.82) is 0 Å². The van der Waals surface area contributed by atoms with Gasteiger partial charge in [-0.25, -0.2) is 19.7 Å². The van der Waals surface area contributed by atoms with E-state index < -0.39 is 23.8 Å². The lowest BCUT2D eigenvalue weighted by atomic mass is 9.85. The maximum absolute atomic E-state index is 13.8. The first-order valence-electron chi connectivity index (χ1n) is 19.1. The Bertz CT molecular complexity index is 2030. The third kappa shape index (κ3) is 11.2. The minimum atomic E-state index is -1.44. The third-order valence-corrected chi connectivity index (χ3v) is 9.67. The van der Waals surface area contributed by atoms with E-state index in [0.29, 0.717) is 29.6 Å². The number of Topliss-reactive ketones (excluding diaryl/α,β-unsaturated/α-hetero) is 1. The standard InChI is InChI=1S/C45H52N4O6/c1-7-8-9-10-11-24-54-38-22-18-32(19-23-38)36-27-46-42(47-28-36)34-14-12-31(13-15-34)25-35(26-39(50)33-16-20-37(21-17-33)45(4,5)6)43(51)49-41(44(52)53)40-29(2)55-30(3)48-40/h12-23,27-28,35,41H,7-11,24-26H2,1-6H3,(H,49,51)(H,52,53)/t35-,41?/m1/s1. The largest absolute Gasteiger partial charge is 0.494 e. The average Bonchev–Trinajstić information content (AvgIpc) is 3.51. The molecular formula is C45H52N4O6. The molecule has 2 aromatic heterocycles. The number of oxazole rings is 1. The molecule has 5 rings (SSSR count). The maximum Gasteiger partial charge on any atom is 0.332 e. The Morgan fingerprint density at radius 3 is 2.04 bits per heavy atom. The number of amides is 1. The molecule has 10 heteroatoms. The van der Waals surface area contributed by atoms with Crippen LogP contribution in [0.4, 0.5) is 0 Å². The van der Waals surface area contributed by atoms with Gasteiger partial charge >= 0.3 is 5.97 Å². The van der Waals surface area contributed by atoms with Gasteiger partial charge < -0.3 is 19.6 Å². The third-order valence-electron chi connectivity index (χ3n) is 9.67. The van der Waals surface area contributed by atoms with Crippen molar-refractivity contribution >= 4 is 17.7 Å². The maximum atomic E-state index is 13.8. The molecule has 0 bridgehead atoms. The number of rotatable bonds is 18. The molecule has 0 spiro atoms. The van der Waals surface area contributed by atoms with E-state index in [9.17, 15) is 19.5 Å². The summed E-state index contributed by atoms with van der Waals surface area (Å²) in [6, 6.07) is 21.4.